The van der Waals surface area contributed by atoms with Crippen molar-refractivity contribution in [3.05, 3.63) is 35.1 Å². The fraction of sp³-hybridized carbons (Fsp3) is 0.417. The SMILES string of the molecule is CCOC(=O)C(F)(F)[C@@H](N)c1ccc(F)c(C)c1. The molecule has 0 amide bonds. The van der Waals surface area contributed by atoms with E-state index < -0.39 is 23.8 Å². The van der Waals surface area contributed by atoms with Gasteiger partial charge in [0, 0.05) is 0 Å². The molecule has 0 unspecified atom stereocenters. The first kappa shape index (κ1) is 14.5. The Labute approximate surface area is 103 Å². The highest BCUT2D eigenvalue weighted by Crippen LogP contribution is 2.31. The summed E-state index contributed by atoms with van der Waals surface area (Å²) < 4.78 is 44.5. The molecule has 18 heavy (non-hydrogen) atoms. The molecule has 0 aromatic heterocycles. The van der Waals surface area contributed by atoms with Gasteiger partial charge in [0.1, 0.15) is 11.9 Å². The maximum absolute atomic E-state index is 13.6. The van der Waals surface area contributed by atoms with Crippen LogP contribution in [-0.4, -0.2) is 18.5 Å². The summed E-state index contributed by atoms with van der Waals surface area (Å²) in [6, 6.07) is 1.48. The van der Waals surface area contributed by atoms with Crippen molar-refractivity contribution in [1.29, 1.82) is 0 Å². The van der Waals surface area contributed by atoms with E-state index in [1.165, 1.54) is 19.9 Å². The number of nitrogens with two attached hydrogens (primary N) is 1. The first-order valence-corrected chi connectivity index (χ1v) is 5.37. The van der Waals surface area contributed by atoms with Gasteiger partial charge < -0.3 is 10.5 Å². The number of carbonyl (C=O) groups is 1. The summed E-state index contributed by atoms with van der Waals surface area (Å²) in [7, 11) is 0. The lowest BCUT2D eigenvalue weighted by atomic mass is 9.99. The number of hydrogen-bond acceptors (Lipinski definition) is 3. The Kier molecular flexibility index (Phi) is 4.34. The number of alkyl halides is 2. The quantitative estimate of drug-likeness (QED) is 0.846. The van der Waals surface area contributed by atoms with Gasteiger partial charge >= 0.3 is 11.9 Å². The molecule has 3 nitrogen and oxygen atoms in total. The van der Waals surface area contributed by atoms with Crippen LogP contribution >= 0.6 is 0 Å². The maximum atomic E-state index is 13.6. The maximum Gasteiger partial charge on any atom is 0.379 e. The van der Waals surface area contributed by atoms with Crippen LogP contribution in [0.3, 0.4) is 0 Å². The number of rotatable bonds is 4. The molecule has 0 spiro atoms. The molecule has 0 fully saturated rings. The summed E-state index contributed by atoms with van der Waals surface area (Å²) >= 11 is 0. The fourth-order valence-corrected chi connectivity index (χ4v) is 1.42. The van der Waals surface area contributed by atoms with E-state index in [0.29, 0.717) is 0 Å². The second-order valence-corrected chi connectivity index (χ2v) is 3.83. The molecule has 0 bridgehead atoms. The Morgan fingerprint density at radius 1 is 1.50 bits per heavy atom. The predicted molar refractivity (Wildman–Crippen MR) is 59.6 cm³/mol. The average molecular weight is 261 g/mol. The summed E-state index contributed by atoms with van der Waals surface area (Å²) in [6.07, 6.45) is 0. The summed E-state index contributed by atoms with van der Waals surface area (Å²) in [5.74, 6) is -6.05. The van der Waals surface area contributed by atoms with Crippen LogP contribution in [0, 0.1) is 12.7 Å². The predicted octanol–water partition coefficient (Wildman–Crippen LogP) is 2.33. The number of carbonyl (C=O) groups excluding carboxylic acids is 1. The van der Waals surface area contributed by atoms with Crippen molar-refractivity contribution in [3.63, 3.8) is 0 Å². The van der Waals surface area contributed by atoms with Gasteiger partial charge in [0.05, 0.1) is 6.61 Å². The number of esters is 1. The lowest BCUT2D eigenvalue weighted by Crippen LogP contribution is -2.41. The van der Waals surface area contributed by atoms with Crippen molar-refractivity contribution in [3.8, 4) is 0 Å². The molecule has 1 rings (SSSR count). The first-order chi connectivity index (χ1) is 8.30. The standard InChI is InChI=1S/C12H14F3NO2/c1-3-18-11(17)12(14,15)10(16)8-4-5-9(13)7(2)6-8/h4-6,10H,3,16H2,1-2H3/t10-/m0/s1. The van der Waals surface area contributed by atoms with Gasteiger partial charge in [0.25, 0.3) is 0 Å². The number of benzene rings is 1. The topological polar surface area (TPSA) is 52.3 Å². The molecule has 0 aliphatic carbocycles. The second kappa shape index (κ2) is 5.39. The van der Waals surface area contributed by atoms with Gasteiger partial charge in [-0.05, 0) is 31.0 Å². The lowest BCUT2D eigenvalue weighted by molar-refractivity contribution is -0.174. The highest BCUT2D eigenvalue weighted by Gasteiger charge is 2.47. The molecule has 1 atom stereocenters. The van der Waals surface area contributed by atoms with Crippen LogP contribution in [0.25, 0.3) is 0 Å². The summed E-state index contributed by atoms with van der Waals surface area (Å²) in [5.41, 5.74) is 5.51. The molecule has 0 radical (unpaired) electrons. The third kappa shape index (κ3) is 2.81. The Balaban J connectivity index is 3.01. The molecule has 0 saturated heterocycles. The van der Waals surface area contributed by atoms with Crippen molar-refractivity contribution >= 4 is 5.97 Å². The minimum Gasteiger partial charge on any atom is -0.462 e. The van der Waals surface area contributed by atoms with Crippen molar-refractivity contribution in [2.24, 2.45) is 5.73 Å². The van der Waals surface area contributed by atoms with Gasteiger partial charge in [0.2, 0.25) is 0 Å². The average Bonchev–Trinajstić information content (AvgIpc) is 2.32. The zero-order chi connectivity index (χ0) is 13.9. The van der Waals surface area contributed by atoms with Crippen LogP contribution in [0.2, 0.25) is 0 Å². The van der Waals surface area contributed by atoms with E-state index in [-0.39, 0.29) is 17.7 Å². The minimum atomic E-state index is -3.85. The van der Waals surface area contributed by atoms with Crippen molar-refractivity contribution in [2.75, 3.05) is 6.61 Å². The van der Waals surface area contributed by atoms with Gasteiger partial charge in [-0.25, -0.2) is 9.18 Å². The van der Waals surface area contributed by atoms with E-state index in [0.717, 1.165) is 12.1 Å². The Hall–Kier alpha value is -1.56. The molecular weight excluding hydrogens is 247 g/mol. The first-order valence-electron chi connectivity index (χ1n) is 5.37. The third-order valence-corrected chi connectivity index (χ3v) is 2.48. The largest absolute Gasteiger partial charge is 0.462 e. The number of halogens is 3. The van der Waals surface area contributed by atoms with Crippen LogP contribution in [0.4, 0.5) is 13.2 Å². The summed E-state index contributed by atoms with van der Waals surface area (Å²) in [5, 5.41) is 0. The molecule has 100 valence electrons. The molecular formula is C12H14F3NO2. The Bertz CT molecular complexity index is 449. The van der Waals surface area contributed by atoms with Crippen LogP contribution < -0.4 is 5.73 Å². The zero-order valence-corrected chi connectivity index (χ0v) is 10.0. The van der Waals surface area contributed by atoms with Gasteiger partial charge in [-0.15, -0.1) is 0 Å². The minimum absolute atomic E-state index is 0.0213. The normalized spacial score (nSPS) is 13.2. The van der Waals surface area contributed by atoms with Gasteiger partial charge in [-0.3, -0.25) is 0 Å². The lowest BCUT2D eigenvalue weighted by Gasteiger charge is -2.22. The molecule has 1 aromatic carbocycles. The molecule has 0 saturated carbocycles. The van der Waals surface area contributed by atoms with Crippen LogP contribution in [0.1, 0.15) is 24.1 Å². The van der Waals surface area contributed by atoms with E-state index in [9.17, 15) is 18.0 Å². The monoisotopic (exact) mass is 261 g/mol. The van der Waals surface area contributed by atoms with E-state index in [1.807, 2.05) is 0 Å². The zero-order valence-electron chi connectivity index (χ0n) is 10.0. The summed E-state index contributed by atoms with van der Waals surface area (Å²) in [6.45, 7) is 2.68. The Morgan fingerprint density at radius 3 is 2.61 bits per heavy atom. The van der Waals surface area contributed by atoms with E-state index in [4.69, 9.17) is 5.73 Å². The van der Waals surface area contributed by atoms with Gasteiger partial charge in [-0.1, -0.05) is 12.1 Å². The van der Waals surface area contributed by atoms with E-state index in [2.05, 4.69) is 4.74 Å². The second-order valence-electron chi connectivity index (χ2n) is 3.83. The molecule has 0 aliphatic rings. The number of hydrogen-bond donors (Lipinski definition) is 1. The van der Waals surface area contributed by atoms with Crippen molar-refractivity contribution in [2.45, 2.75) is 25.8 Å². The van der Waals surface area contributed by atoms with Crippen LogP contribution in [0.5, 0.6) is 0 Å². The third-order valence-electron chi connectivity index (χ3n) is 2.48. The highest BCUT2D eigenvalue weighted by molar-refractivity contribution is 5.78. The summed E-state index contributed by atoms with van der Waals surface area (Å²) in [4.78, 5) is 11.1. The smallest absolute Gasteiger partial charge is 0.379 e. The molecule has 2 N–H and O–H groups in total. The molecule has 1 aromatic rings. The number of aryl methyl sites for hydroxylation is 1. The van der Waals surface area contributed by atoms with Crippen molar-refractivity contribution < 1.29 is 22.7 Å². The van der Waals surface area contributed by atoms with Gasteiger partial charge in [-0.2, -0.15) is 8.78 Å². The van der Waals surface area contributed by atoms with Crippen LogP contribution in [0.15, 0.2) is 18.2 Å². The van der Waals surface area contributed by atoms with Crippen LogP contribution in [-0.2, 0) is 9.53 Å². The van der Waals surface area contributed by atoms with E-state index in [1.54, 1.807) is 0 Å². The van der Waals surface area contributed by atoms with Crippen molar-refractivity contribution in [1.82, 2.24) is 0 Å². The molecule has 0 heterocycles. The highest BCUT2D eigenvalue weighted by atomic mass is 19.3. The molecule has 6 heteroatoms. The Morgan fingerprint density at radius 2 is 2.11 bits per heavy atom. The van der Waals surface area contributed by atoms with E-state index >= 15 is 0 Å². The molecule has 0 aliphatic heterocycles. The number of ether oxygens (including phenoxy) is 1. The fourth-order valence-electron chi connectivity index (χ4n) is 1.42. The van der Waals surface area contributed by atoms with Gasteiger partial charge in [0.15, 0.2) is 0 Å².